The van der Waals surface area contributed by atoms with E-state index in [4.69, 9.17) is 11.6 Å². The number of thiophene rings is 1. The Hall–Kier alpha value is -1.22. The van der Waals surface area contributed by atoms with Gasteiger partial charge in [0, 0.05) is 25.3 Å². The number of benzene rings is 2. The van der Waals surface area contributed by atoms with Gasteiger partial charge < -0.3 is 0 Å². The highest BCUT2D eigenvalue weighted by molar-refractivity contribution is 7.99. The van der Waals surface area contributed by atoms with E-state index < -0.39 is 0 Å². The Kier molecular flexibility index (Phi) is 6.76. The van der Waals surface area contributed by atoms with Crippen molar-refractivity contribution < 1.29 is 0 Å². The van der Waals surface area contributed by atoms with Gasteiger partial charge in [0.15, 0.2) is 0 Å². The summed E-state index contributed by atoms with van der Waals surface area (Å²) in [4.78, 5) is 2.63. The van der Waals surface area contributed by atoms with Crippen molar-refractivity contribution in [2.75, 3.05) is 5.75 Å². The highest BCUT2D eigenvalue weighted by Gasteiger charge is 1.96. The third-order valence-electron chi connectivity index (χ3n) is 3.21. The van der Waals surface area contributed by atoms with Crippen LogP contribution in [0.4, 0.5) is 0 Å². The standard InChI is InChI=1S/C10H11ClS.C10H10S/c1-8-3-5-10(6-4-8)12-7-9(2)11;1-7-3-4-10-9(5-7)6-8(2)11-10/h3-6H,2,7H2,1H3;3-6H,1-2H3. The van der Waals surface area contributed by atoms with Crippen molar-refractivity contribution in [1.82, 2.24) is 0 Å². The molecule has 3 rings (SSSR count). The smallest absolute Gasteiger partial charge is 0.0345 e. The van der Waals surface area contributed by atoms with Crippen molar-refractivity contribution >= 4 is 44.8 Å². The van der Waals surface area contributed by atoms with E-state index in [2.05, 4.69) is 75.9 Å². The molecule has 120 valence electrons. The van der Waals surface area contributed by atoms with Crippen LogP contribution in [0.3, 0.4) is 0 Å². The Bertz CT molecular complexity index is 785. The predicted octanol–water partition coefficient (Wildman–Crippen LogP) is 7.36. The molecule has 0 bridgehead atoms. The van der Waals surface area contributed by atoms with Gasteiger partial charge in [-0.2, -0.15) is 0 Å². The lowest BCUT2D eigenvalue weighted by atomic mass is 10.2. The van der Waals surface area contributed by atoms with Gasteiger partial charge in [0.25, 0.3) is 0 Å². The summed E-state index contributed by atoms with van der Waals surface area (Å²) in [6, 6.07) is 17.2. The molecule has 0 unspecified atom stereocenters. The quantitative estimate of drug-likeness (QED) is 0.439. The molecule has 0 nitrogen and oxygen atoms in total. The number of aryl methyl sites for hydroxylation is 3. The first-order valence-electron chi connectivity index (χ1n) is 7.43. The maximum atomic E-state index is 5.64. The average molecular weight is 361 g/mol. The Labute approximate surface area is 152 Å². The minimum absolute atomic E-state index is 0.695. The molecule has 0 N–H and O–H groups in total. The lowest BCUT2D eigenvalue weighted by Crippen LogP contribution is -1.77. The van der Waals surface area contributed by atoms with Gasteiger partial charge in [0.05, 0.1) is 0 Å². The maximum absolute atomic E-state index is 5.64. The summed E-state index contributed by atoms with van der Waals surface area (Å²) >= 11 is 9.21. The molecular weight excluding hydrogens is 340 g/mol. The molecule has 0 saturated heterocycles. The third kappa shape index (κ3) is 6.06. The van der Waals surface area contributed by atoms with Crippen LogP contribution in [0.5, 0.6) is 0 Å². The van der Waals surface area contributed by atoms with Gasteiger partial charge in [-0.1, -0.05) is 53.6 Å². The van der Waals surface area contributed by atoms with Crippen molar-refractivity contribution in [1.29, 1.82) is 0 Å². The van der Waals surface area contributed by atoms with Crippen molar-refractivity contribution in [3.8, 4) is 0 Å². The van der Waals surface area contributed by atoms with E-state index in [-0.39, 0.29) is 0 Å². The maximum Gasteiger partial charge on any atom is 0.0345 e. The second-order valence-electron chi connectivity index (χ2n) is 5.52. The molecule has 3 aromatic rings. The zero-order valence-corrected chi connectivity index (χ0v) is 16.1. The van der Waals surface area contributed by atoms with Gasteiger partial charge in [-0.05, 0) is 50.4 Å². The number of thioether (sulfide) groups is 1. The summed E-state index contributed by atoms with van der Waals surface area (Å²) in [5, 5.41) is 2.08. The zero-order valence-electron chi connectivity index (χ0n) is 13.7. The molecule has 0 aliphatic rings. The van der Waals surface area contributed by atoms with Crippen LogP contribution in [0.25, 0.3) is 10.1 Å². The summed E-state index contributed by atoms with van der Waals surface area (Å²) in [6.07, 6.45) is 0. The van der Waals surface area contributed by atoms with E-state index in [0.29, 0.717) is 5.03 Å². The average Bonchev–Trinajstić information content (AvgIpc) is 2.86. The van der Waals surface area contributed by atoms with E-state index in [1.54, 1.807) is 11.8 Å². The zero-order chi connectivity index (χ0) is 16.8. The summed E-state index contributed by atoms with van der Waals surface area (Å²) < 4.78 is 1.40. The molecule has 0 amide bonds. The summed E-state index contributed by atoms with van der Waals surface area (Å²) in [5.74, 6) is 0.782. The second kappa shape index (κ2) is 8.58. The topological polar surface area (TPSA) is 0 Å². The van der Waals surface area contributed by atoms with E-state index in [0.717, 1.165) is 5.75 Å². The number of halogens is 1. The molecular formula is C20H21ClS2. The van der Waals surface area contributed by atoms with Crippen LogP contribution >= 0.6 is 34.7 Å². The number of hydrogen-bond acceptors (Lipinski definition) is 2. The van der Waals surface area contributed by atoms with Crippen LogP contribution in [0.15, 0.2) is 65.0 Å². The van der Waals surface area contributed by atoms with Crippen LogP contribution in [0.2, 0.25) is 0 Å². The van der Waals surface area contributed by atoms with Crippen molar-refractivity contribution in [3.05, 3.63) is 76.1 Å². The van der Waals surface area contributed by atoms with Gasteiger partial charge in [0.2, 0.25) is 0 Å². The molecule has 0 aliphatic carbocycles. The summed E-state index contributed by atoms with van der Waals surface area (Å²) in [5.41, 5.74) is 2.62. The SMILES string of the molecule is C=C(Cl)CSc1ccc(C)cc1.Cc1ccc2sc(C)cc2c1. The minimum Gasteiger partial charge on any atom is -0.141 e. The van der Waals surface area contributed by atoms with Crippen molar-refractivity contribution in [3.63, 3.8) is 0 Å². The van der Waals surface area contributed by atoms with Crippen LogP contribution in [0.1, 0.15) is 16.0 Å². The normalized spacial score (nSPS) is 10.3. The number of hydrogen-bond donors (Lipinski definition) is 0. The van der Waals surface area contributed by atoms with Gasteiger partial charge >= 0.3 is 0 Å². The first-order chi connectivity index (χ1) is 10.9. The summed E-state index contributed by atoms with van der Waals surface area (Å²) in [7, 11) is 0. The molecule has 0 fully saturated rings. The van der Waals surface area contributed by atoms with Gasteiger partial charge in [-0.3, -0.25) is 0 Å². The Morgan fingerprint density at radius 1 is 1.00 bits per heavy atom. The molecule has 23 heavy (non-hydrogen) atoms. The lowest BCUT2D eigenvalue weighted by Gasteiger charge is -1.99. The van der Waals surface area contributed by atoms with E-state index in [1.165, 1.54) is 31.0 Å². The molecule has 2 aromatic carbocycles. The van der Waals surface area contributed by atoms with E-state index in [9.17, 15) is 0 Å². The second-order valence-corrected chi connectivity index (χ2v) is 8.39. The first-order valence-corrected chi connectivity index (χ1v) is 9.61. The van der Waals surface area contributed by atoms with Gasteiger partial charge in [-0.15, -0.1) is 23.1 Å². The lowest BCUT2D eigenvalue weighted by molar-refractivity contribution is 1.38. The predicted molar refractivity (Wildman–Crippen MR) is 108 cm³/mol. The molecule has 1 aromatic heterocycles. The van der Waals surface area contributed by atoms with Crippen LogP contribution in [-0.4, -0.2) is 5.75 Å². The summed E-state index contributed by atoms with van der Waals surface area (Å²) in [6.45, 7) is 9.99. The van der Waals surface area contributed by atoms with Crippen LogP contribution in [-0.2, 0) is 0 Å². The highest BCUT2D eigenvalue weighted by atomic mass is 35.5. The first kappa shape index (κ1) is 18.1. The largest absolute Gasteiger partial charge is 0.141 e. The fraction of sp³-hybridized carbons (Fsp3) is 0.200. The number of fused-ring (bicyclic) bond motifs is 1. The van der Waals surface area contributed by atoms with Crippen molar-refractivity contribution in [2.45, 2.75) is 25.7 Å². The van der Waals surface area contributed by atoms with Crippen LogP contribution in [0, 0.1) is 20.8 Å². The molecule has 0 spiro atoms. The fourth-order valence-corrected chi connectivity index (χ4v) is 3.81. The Balaban J connectivity index is 0.000000167. The molecule has 0 aliphatic heterocycles. The van der Waals surface area contributed by atoms with Gasteiger partial charge in [-0.25, -0.2) is 0 Å². The Morgan fingerprint density at radius 3 is 2.30 bits per heavy atom. The monoisotopic (exact) mass is 360 g/mol. The Morgan fingerprint density at radius 2 is 1.65 bits per heavy atom. The highest BCUT2D eigenvalue weighted by Crippen LogP contribution is 2.25. The van der Waals surface area contributed by atoms with Crippen molar-refractivity contribution in [2.24, 2.45) is 0 Å². The van der Waals surface area contributed by atoms with E-state index >= 15 is 0 Å². The number of rotatable bonds is 3. The molecule has 0 radical (unpaired) electrons. The fourth-order valence-electron chi connectivity index (χ4n) is 2.09. The molecule has 3 heteroatoms. The molecule has 1 heterocycles. The van der Waals surface area contributed by atoms with E-state index in [1.807, 2.05) is 11.3 Å². The third-order valence-corrected chi connectivity index (χ3v) is 5.63. The van der Waals surface area contributed by atoms with Gasteiger partial charge in [0.1, 0.15) is 0 Å². The minimum atomic E-state index is 0.695. The molecule has 0 atom stereocenters. The molecule has 0 saturated carbocycles. The van der Waals surface area contributed by atoms with Crippen LogP contribution < -0.4 is 0 Å².